The predicted octanol–water partition coefficient (Wildman–Crippen LogP) is 1.33. The lowest BCUT2D eigenvalue weighted by Gasteiger charge is -2.48. The number of hydrogen-bond donors (Lipinski definition) is 1. The van der Waals surface area contributed by atoms with E-state index in [0.29, 0.717) is 31.9 Å². The number of aromatic nitrogens is 4. The van der Waals surface area contributed by atoms with Crippen molar-refractivity contribution in [1.82, 2.24) is 25.3 Å². The van der Waals surface area contributed by atoms with Gasteiger partial charge in [-0.3, -0.25) is 9.89 Å². The van der Waals surface area contributed by atoms with Crippen LogP contribution in [0.5, 0.6) is 0 Å². The summed E-state index contributed by atoms with van der Waals surface area (Å²) in [6.07, 6.45) is 1.94. The van der Waals surface area contributed by atoms with Crippen LogP contribution in [0.15, 0.2) is 18.2 Å². The first kappa shape index (κ1) is 17.0. The Balaban J connectivity index is 1.50. The highest BCUT2D eigenvalue weighted by Gasteiger charge is 2.42. The average Bonchev–Trinajstić information content (AvgIpc) is 3.08. The second-order valence-corrected chi connectivity index (χ2v) is 7.25. The molecule has 2 aromatic heterocycles. The molecular formula is C18H24N6O2. The number of ether oxygens (including phenoxy) is 1. The molecule has 2 saturated heterocycles. The van der Waals surface area contributed by atoms with E-state index in [-0.39, 0.29) is 11.5 Å². The van der Waals surface area contributed by atoms with Crippen molar-refractivity contribution >= 4 is 11.7 Å². The molecule has 2 aromatic rings. The number of aromatic amines is 1. The number of hydrogen-bond acceptors (Lipinski definition) is 6. The van der Waals surface area contributed by atoms with Crippen LogP contribution in [-0.2, 0) is 4.74 Å². The molecule has 2 aliphatic heterocycles. The van der Waals surface area contributed by atoms with Crippen LogP contribution in [0.3, 0.4) is 0 Å². The molecule has 0 aromatic carbocycles. The average molecular weight is 356 g/mol. The summed E-state index contributed by atoms with van der Waals surface area (Å²) in [5.74, 6) is 0.828. The van der Waals surface area contributed by atoms with Crippen molar-refractivity contribution < 1.29 is 9.53 Å². The number of rotatable bonds is 2. The lowest BCUT2D eigenvalue weighted by Crippen LogP contribution is -2.61. The van der Waals surface area contributed by atoms with Crippen molar-refractivity contribution in [2.45, 2.75) is 32.3 Å². The van der Waals surface area contributed by atoms with Gasteiger partial charge in [0.1, 0.15) is 11.3 Å². The highest BCUT2D eigenvalue weighted by atomic mass is 16.5. The molecule has 1 spiro atoms. The van der Waals surface area contributed by atoms with E-state index in [1.165, 1.54) is 0 Å². The fraction of sp³-hybridized carbons (Fsp3) is 0.556. The molecule has 0 saturated carbocycles. The summed E-state index contributed by atoms with van der Waals surface area (Å²) in [5, 5.41) is 15.4. The van der Waals surface area contributed by atoms with Crippen molar-refractivity contribution in [2.75, 3.05) is 37.7 Å². The first-order valence-corrected chi connectivity index (χ1v) is 9.05. The van der Waals surface area contributed by atoms with E-state index in [9.17, 15) is 4.79 Å². The van der Waals surface area contributed by atoms with Gasteiger partial charge in [-0.15, -0.1) is 5.10 Å². The number of nitrogens with zero attached hydrogens (tertiary/aromatic N) is 5. The maximum Gasteiger partial charge on any atom is 0.274 e. The molecule has 0 unspecified atom stereocenters. The molecule has 0 aliphatic carbocycles. The number of H-pyrrole nitrogens is 1. The number of aryl methyl sites for hydroxylation is 2. The third-order valence-corrected chi connectivity index (χ3v) is 5.11. The lowest BCUT2D eigenvalue weighted by atomic mass is 9.90. The first-order chi connectivity index (χ1) is 12.5. The molecule has 2 aliphatic rings. The van der Waals surface area contributed by atoms with Gasteiger partial charge in [-0.1, -0.05) is 0 Å². The van der Waals surface area contributed by atoms with Gasteiger partial charge in [0.15, 0.2) is 5.82 Å². The Morgan fingerprint density at radius 3 is 2.85 bits per heavy atom. The van der Waals surface area contributed by atoms with Gasteiger partial charge >= 0.3 is 0 Å². The van der Waals surface area contributed by atoms with Crippen LogP contribution in [-0.4, -0.2) is 69.6 Å². The van der Waals surface area contributed by atoms with Crippen molar-refractivity contribution in [1.29, 1.82) is 0 Å². The smallest absolute Gasteiger partial charge is 0.274 e. The number of anilines is 1. The van der Waals surface area contributed by atoms with Crippen LogP contribution < -0.4 is 4.90 Å². The number of morpholine rings is 1. The minimum absolute atomic E-state index is 0.0377. The van der Waals surface area contributed by atoms with Gasteiger partial charge in [0.25, 0.3) is 5.91 Å². The fourth-order valence-electron chi connectivity index (χ4n) is 3.81. The van der Waals surface area contributed by atoms with Crippen molar-refractivity contribution in [3.05, 3.63) is 35.3 Å². The molecule has 138 valence electrons. The number of amides is 1. The van der Waals surface area contributed by atoms with E-state index in [2.05, 4.69) is 25.3 Å². The van der Waals surface area contributed by atoms with Gasteiger partial charge in [-0.2, -0.15) is 10.2 Å². The van der Waals surface area contributed by atoms with Crippen LogP contribution in [0, 0.1) is 13.8 Å². The molecule has 1 atom stereocenters. The Kier molecular flexibility index (Phi) is 4.36. The molecule has 2 fully saturated rings. The van der Waals surface area contributed by atoms with Gasteiger partial charge in [-0.05, 0) is 44.9 Å². The van der Waals surface area contributed by atoms with Gasteiger partial charge in [0.2, 0.25) is 0 Å². The Morgan fingerprint density at radius 2 is 2.12 bits per heavy atom. The summed E-state index contributed by atoms with van der Waals surface area (Å²) >= 11 is 0. The molecule has 1 amide bonds. The van der Waals surface area contributed by atoms with Gasteiger partial charge in [0.05, 0.1) is 25.4 Å². The molecule has 4 rings (SSSR count). The topological polar surface area (TPSA) is 87.2 Å². The summed E-state index contributed by atoms with van der Waals surface area (Å²) in [5.41, 5.74) is 1.90. The monoisotopic (exact) mass is 356 g/mol. The number of carbonyl (C=O) groups excluding carboxylic acids is 1. The van der Waals surface area contributed by atoms with E-state index < -0.39 is 0 Å². The van der Waals surface area contributed by atoms with Crippen LogP contribution >= 0.6 is 0 Å². The standard InChI is InChI=1S/C18H24N6O2/c1-13-4-5-16(22-19-13)23-7-3-6-18(11-23)12-24(8-9-26-18)17(25)15-10-14(2)20-21-15/h4-5,10H,3,6-9,11-12H2,1-2H3,(H,20,21)/t18-/m0/s1. The van der Waals surface area contributed by atoms with Crippen LogP contribution in [0.4, 0.5) is 5.82 Å². The van der Waals surface area contributed by atoms with Crippen LogP contribution in [0.1, 0.15) is 34.7 Å². The number of piperidine rings is 1. The Bertz CT molecular complexity index is 785. The molecule has 4 heterocycles. The molecule has 0 radical (unpaired) electrons. The van der Waals surface area contributed by atoms with Crippen molar-refractivity contribution in [3.8, 4) is 0 Å². The first-order valence-electron chi connectivity index (χ1n) is 9.05. The van der Waals surface area contributed by atoms with E-state index >= 15 is 0 Å². The number of carbonyl (C=O) groups is 1. The Morgan fingerprint density at radius 1 is 1.23 bits per heavy atom. The lowest BCUT2D eigenvalue weighted by molar-refractivity contribution is -0.105. The number of nitrogens with one attached hydrogen (secondary N) is 1. The van der Waals surface area contributed by atoms with Crippen LogP contribution in [0.25, 0.3) is 0 Å². The summed E-state index contributed by atoms with van der Waals surface area (Å²) in [6.45, 7) is 7.18. The molecule has 26 heavy (non-hydrogen) atoms. The largest absolute Gasteiger partial charge is 0.369 e. The second-order valence-electron chi connectivity index (χ2n) is 7.25. The van der Waals surface area contributed by atoms with E-state index in [4.69, 9.17) is 4.74 Å². The summed E-state index contributed by atoms with van der Waals surface area (Å²) in [7, 11) is 0. The van der Waals surface area contributed by atoms with Gasteiger partial charge in [-0.25, -0.2) is 0 Å². The minimum Gasteiger partial charge on any atom is -0.369 e. The van der Waals surface area contributed by atoms with Gasteiger partial charge in [0, 0.05) is 18.8 Å². The zero-order chi connectivity index (χ0) is 18.1. The normalized spacial score (nSPS) is 23.5. The minimum atomic E-state index is -0.357. The predicted molar refractivity (Wildman–Crippen MR) is 96.1 cm³/mol. The maximum atomic E-state index is 12.8. The quantitative estimate of drug-likeness (QED) is 0.873. The molecule has 8 nitrogen and oxygen atoms in total. The third-order valence-electron chi connectivity index (χ3n) is 5.11. The SMILES string of the molecule is Cc1ccc(N2CCC[C@@]3(CN(C(=O)c4cc(C)[nH]n4)CCO3)C2)nn1. The summed E-state index contributed by atoms with van der Waals surface area (Å²) in [4.78, 5) is 16.9. The van der Waals surface area contributed by atoms with Crippen molar-refractivity contribution in [2.24, 2.45) is 0 Å². The highest BCUT2D eigenvalue weighted by Crippen LogP contribution is 2.31. The van der Waals surface area contributed by atoms with E-state index in [1.807, 2.05) is 30.9 Å². The zero-order valence-electron chi connectivity index (χ0n) is 15.2. The summed E-state index contributed by atoms with van der Waals surface area (Å²) < 4.78 is 6.19. The molecule has 0 bridgehead atoms. The van der Waals surface area contributed by atoms with Gasteiger partial charge < -0.3 is 14.5 Å². The third kappa shape index (κ3) is 3.29. The zero-order valence-corrected chi connectivity index (χ0v) is 15.2. The fourth-order valence-corrected chi connectivity index (χ4v) is 3.81. The van der Waals surface area contributed by atoms with Crippen molar-refractivity contribution in [3.63, 3.8) is 0 Å². The highest BCUT2D eigenvalue weighted by molar-refractivity contribution is 5.92. The second kappa shape index (κ2) is 6.68. The van der Waals surface area contributed by atoms with E-state index in [1.54, 1.807) is 6.07 Å². The summed E-state index contributed by atoms with van der Waals surface area (Å²) in [6, 6.07) is 5.76. The molecule has 1 N–H and O–H groups in total. The Hall–Kier alpha value is -2.48. The molecule has 8 heteroatoms. The van der Waals surface area contributed by atoms with E-state index in [0.717, 1.165) is 36.6 Å². The Labute approximate surface area is 152 Å². The maximum absolute atomic E-state index is 12.8. The molecular weight excluding hydrogens is 332 g/mol. The van der Waals surface area contributed by atoms with Crippen LogP contribution in [0.2, 0.25) is 0 Å².